The average Bonchev–Trinajstić information content (AvgIpc) is 3.16. The van der Waals surface area contributed by atoms with Gasteiger partial charge in [0.15, 0.2) is 6.10 Å². The predicted octanol–water partition coefficient (Wildman–Crippen LogP) is 11.0. The molecule has 0 saturated carbocycles. The molecule has 0 aromatic heterocycles. The summed E-state index contributed by atoms with van der Waals surface area (Å²) < 4.78 is 34.1. The summed E-state index contributed by atoms with van der Waals surface area (Å²) in [4.78, 5) is 35.3. The highest BCUT2D eigenvalue weighted by Crippen LogP contribution is 2.43. The van der Waals surface area contributed by atoms with Crippen molar-refractivity contribution in [3.63, 3.8) is 0 Å². The Bertz CT molecular complexity index is 1250. The van der Waals surface area contributed by atoms with Gasteiger partial charge in [0.25, 0.3) is 0 Å². The van der Waals surface area contributed by atoms with E-state index in [0.29, 0.717) is 23.9 Å². The Labute approximate surface area is 346 Å². The number of quaternary nitrogens is 1. The molecule has 0 heterocycles. The molecule has 0 aliphatic heterocycles. The van der Waals surface area contributed by atoms with Gasteiger partial charge in [0.1, 0.15) is 19.8 Å². The van der Waals surface area contributed by atoms with Crippen molar-refractivity contribution in [3.05, 3.63) is 85.1 Å². The van der Waals surface area contributed by atoms with E-state index in [1.807, 2.05) is 27.2 Å². The Hall–Kier alpha value is -2.85. The summed E-state index contributed by atoms with van der Waals surface area (Å²) in [6, 6.07) is 0. The molecule has 1 unspecified atom stereocenters. The third kappa shape index (κ3) is 42.6. The minimum Gasteiger partial charge on any atom is -0.462 e. The molecule has 0 aromatic rings. The predicted molar refractivity (Wildman–Crippen MR) is 235 cm³/mol. The summed E-state index contributed by atoms with van der Waals surface area (Å²) in [5.41, 5.74) is 0. The van der Waals surface area contributed by atoms with Gasteiger partial charge in [0, 0.05) is 19.4 Å². The molecule has 0 radical (unpaired) electrons. The van der Waals surface area contributed by atoms with Crippen LogP contribution in [0.1, 0.15) is 135 Å². The van der Waals surface area contributed by atoms with Crippen LogP contribution in [-0.2, 0) is 32.7 Å². The van der Waals surface area contributed by atoms with Crippen LogP contribution < -0.4 is 0 Å². The lowest BCUT2D eigenvalue weighted by Crippen LogP contribution is -2.37. The number of likely N-dealkylation sites (N-methyl/N-ethyl adjacent to an activating group) is 1. The highest BCUT2D eigenvalue weighted by atomic mass is 31.2. The maximum atomic E-state index is 12.7. The maximum Gasteiger partial charge on any atom is 0.472 e. The molecule has 0 aliphatic carbocycles. The lowest BCUT2D eigenvalue weighted by Gasteiger charge is -2.24. The largest absolute Gasteiger partial charge is 0.472 e. The molecule has 2 N–H and O–H groups in total. The molecule has 0 bridgehead atoms. The Morgan fingerprint density at radius 2 is 1.04 bits per heavy atom. The number of phosphoric ester groups is 1. The first kappa shape index (κ1) is 54.2. The lowest BCUT2D eigenvalue weighted by molar-refractivity contribution is -0.870. The lowest BCUT2D eigenvalue weighted by atomic mass is 10.1. The van der Waals surface area contributed by atoms with Crippen LogP contribution in [-0.4, -0.2) is 86.6 Å². The highest BCUT2D eigenvalue weighted by molar-refractivity contribution is 7.47. The van der Waals surface area contributed by atoms with E-state index in [-0.39, 0.29) is 32.7 Å². The summed E-state index contributed by atoms with van der Waals surface area (Å²) in [5.74, 6) is -0.933. The number of aliphatic hydroxyl groups excluding tert-OH is 1. The average molecular weight is 821 g/mol. The molecule has 0 spiro atoms. The first-order valence-corrected chi connectivity index (χ1v) is 22.9. The molecule has 57 heavy (non-hydrogen) atoms. The van der Waals surface area contributed by atoms with Gasteiger partial charge in [-0.1, -0.05) is 111 Å². The maximum absolute atomic E-state index is 12.7. The van der Waals surface area contributed by atoms with Crippen LogP contribution in [0.15, 0.2) is 85.1 Å². The zero-order valence-electron chi connectivity index (χ0n) is 36.0. The molecule has 0 aliphatic rings. The van der Waals surface area contributed by atoms with Gasteiger partial charge in [-0.15, -0.1) is 0 Å². The van der Waals surface area contributed by atoms with Gasteiger partial charge in [-0.25, -0.2) is 4.57 Å². The second kappa shape index (κ2) is 38.7. The Balaban J connectivity index is 4.55. The smallest absolute Gasteiger partial charge is 0.462 e. The fourth-order valence-electron chi connectivity index (χ4n) is 5.05. The van der Waals surface area contributed by atoms with Crippen LogP contribution in [0.25, 0.3) is 0 Å². The Morgan fingerprint density at radius 3 is 1.53 bits per heavy atom. The van der Waals surface area contributed by atoms with Crippen molar-refractivity contribution >= 4 is 19.8 Å². The standard InChI is InChI=1S/C46H78NO9P/c1-5-6-7-8-9-10-11-12-16-20-23-26-29-32-35-38-46(50)56-44(43-55-57(51,52)54-41-39-47(2,3)4)42-53-45(49)37-34-31-28-25-22-19-17-14-13-15-18-21-24-27-30-33-36-40-48/h9-10,12-13,15-17,19,21,23-26,28,44,48H,5-8,11,14,18,20,22,27,29-43H2,1-4H3/p+1/b10-9-,15-13-,16-12-,19-17-,24-21-,26-23-,28-25-/t44-/m1/s1. The SMILES string of the molecule is CCCCC/C=C\C/C=C\C/C=C\CCCCC(=O)O[C@H](COC(=O)CCC/C=C\C/C=C\C/C=C\C/C=C\CCCCCO)COP(=O)(O)OCC[N+](C)(C)C. The number of esters is 2. The number of phosphoric acid groups is 1. The van der Waals surface area contributed by atoms with Crippen molar-refractivity contribution < 1.29 is 47.2 Å². The quantitative estimate of drug-likeness (QED) is 0.0206. The number of nitrogens with zero attached hydrogens (tertiary/aromatic N) is 1. The first-order valence-electron chi connectivity index (χ1n) is 21.4. The molecule has 0 amide bonds. The van der Waals surface area contributed by atoms with Crippen molar-refractivity contribution in [2.24, 2.45) is 0 Å². The third-order valence-electron chi connectivity index (χ3n) is 8.45. The van der Waals surface area contributed by atoms with Gasteiger partial charge < -0.3 is 24.0 Å². The van der Waals surface area contributed by atoms with Crippen LogP contribution in [0.5, 0.6) is 0 Å². The number of carbonyl (C=O) groups excluding carboxylic acids is 2. The molecular formula is C46H79NO9P+. The number of carbonyl (C=O) groups is 2. The minimum absolute atomic E-state index is 0.00663. The number of hydrogen-bond donors (Lipinski definition) is 2. The highest BCUT2D eigenvalue weighted by Gasteiger charge is 2.27. The van der Waals surface area contributed by atoms with Crippen molar-refractivity contribution in [3.8, 4) is 0 Å². The van der Waals surface area contributed by atoms with E-state index in [1.165, 1.54) is 19.3 Å². The topological polar surface area (TPSA) is 129 Å². The number of allylic oxidation sites excluding steroid dienone is 14. The van der Waals surface area contributed by atoms with Crippen molar-refractivity contribution in [1.82, 2.24) is 0 Å². The van der Waals surface area contributed by atoms with Gasteiger partial charge in [0.2, 0.25) is 0 Å². The number of rotatable bonds is 38. The van der Waals surface area contributed by atoms with Gasteiger partial charge in [-0.05, 0) is 96.3 Å². The summed E-state index contributed by atoms with van der Waals surface area (Å²) in [6.07, 6.45) is 46.5. The zero-order valence-corrected chi connectivity index (χ0v) is 36.9. The van der Waals surface area contributed by atoms with Crippen LogP contribution in [0.3, 0.4) is 0 Å². The normalized spacial score (nSPS) is 14.4. The van der Waals surface area contributed by atoms with Crippen LogP contribution in [0, 0.1) is 0 Å². The van der Waals surface area contributed by atoms with Crippen molar-refractivity contribution in [1.29, 1.82) is 0 Å². The van der Waals surface area contributed by atoms with E-state index in [0.717, 1.165) is 83.5 Å². The molecule has 11 heteroatoms. The molecule has 0 saturated heterocycles. The summed E-state index contributed by atoms with van der Waals surface area (Å²) in [5, 5.41) is 8.80. The minimum atomic E-state index is -4.41. The van der Waals surface area contributed by atoms with E-state index in [9.17, 15) is 19.0 Å². The molecule has 10 nitrogen and oxygen atoms in total. The van der Waals surface area contributed by atoms with E-state index in [2.05, 4.69) is 85.9 Å². The first-order chi connectivity index (χ1) is 27.5. The molecule has 0 aromatic carbocycles. The Morgan fingerprint density at radius 1 is 0.579 bits per heavy atom. The van der Waals surface area contributed by atoms with E-state index < -0.39 is 32.5 Å². The van der Waals surface area contributed by atoms with Gasteiger partial charge in [-0.2, -0.15) is 0 Å². The van der Waals surface area contributed by atoms with Gasteiger partial charge >= 0.3 is 19.8 Å². The van der Waals surface area contributed by atoms with Crippen LogP contribution >= 0.6 is 7.82 Å². The summed E-state index contributed by atoms with van der Waals surface area (Å²) in [7, 11) is 1.39. The van der Waals surface area contributed by atoms with Crippen LogP contribution in [0.2, 0.25) is 0 Å². The number of ether oxygens (including phenoxy) is 2. The molecule has 0 fully saturated rings. The summed E-state index contributed by atoms with van der Waals surface area (Å²) >= 11 is 0. The molecule has 326 valence electrons. The second-order valence-electron chi connectivity index (χ2n) is 15.1. The van der Waals surface area contributed by atoms with Gasteiger partial charge in [0.05, 0.1) is 27.7 Å². The summed E-state index contributed by atoms with van der Waals surface area (Å²) in [6.45, 7) is 2.25. The van der Waals surface area contributed by atoms with E-state index in [4.69, 9.17) is 23.6 Å². The fraction of sp³-hybridized carbons (Fsp3) is 0.652. The molecule has 2 atom stereocenters. The molecular weight excluding hydrogens is 741 g/mol. The number of aliphatic hydroxyl groups is 1. The third-order valence-corrected chi connectivity index (χ3v) is 9.44. The van der Waals surface area contributed by atoms with Gasteiger partial charge in [-0.3, -0.25) is 18.6 Å². The number of unbranched alkanes of at least 4 members (excludes halogenated alkanes) is 9. The van der Waals surface area contributed by atoms with E-state index in [1.54, 1.807) is 0 Å². The molecule has 0 rings (SSSR count). The fourth-order valence-corrected chi connectivity index (χ4v) is 5.79. The number of hydrogen-bond acceptors (Lipinski definition) is 8. The van der Waals surface area contributed by atoms with Crippen molar-refractivity contribution in [2.45, 2.75) is 141 Å². The second-order valence-corrected chi connectivity index (χ2v) is 16.5. The monoisotopic (exact) mass is 821 g/mol. The van der Waals surface area contributed by atoms with Crippen LogP contribution in [0.4, 0.5) is 0 Å². The van der Waals surface area contributed by atoms with E-state index >= 15 is 0 Å². The Kier molecular flexibility index (Phi) is 36.7. The zero-order chi connectivity index (χ0) is 42.1. The van der Waals surface area contributed by atoms with Crippen molar-refractivity contribution in [2.75, 3.05) is 54.1 Å².